The zero-order valence-electron chi connectivity index (χ0n) is 47.7. The summed E-state index contributed by atoms with van der Waals surface area (Å²) in [6.07, 6.45) is 5.63. The molecule has 11 rings (SSSR count). The molecule has 0 saturated heterocycles. The van der Waals surface area contributed by atoms with Gasteiger partial charge in [-0.25, -0.2) is 4.98 Å². The van der Waals surface area contributed by atoms with Gasteiger partial charge in [0, 0.05) is 44.3 Å². The minimum absolute atomic E-state index is 0. The number of fused-ring (bicyclic) bond motifs is 4. The number of benzene rings is 8. The molecule has 0 N–H and O–H groups in total. The van der Waals surface area contributed by atoms with Crippen LogP contribution in [0.15, 0.2) is 188 Å². The molecular formula is C67H60N4OPt-2. The summed E-state index contributed by atoms with van der Waals surface area (Å²) in [5.41, 5.74) is 12.1. The molecule has 73 heavy (non-hydrogen) atoms. The van der Waals surface area contributed by atoms with Crippen LogP contribution in [0, 0.1) is 24.4 Å². The molecule has 0 radical (unpaired) electrons. The van der Waals surface area contributed by atoms with Gasteiger partial charge >= 0.3 is 0 Å². The van der Waals surface area contributed by atoms with Crippen molar-refractivity contribution in [3.05, 3.63) is 223 Å². The Morgan fingerprint density at radius 3 is 2.00 bits per heavy atom. The van der Waals surface area contributed by atoms with Crippen LogP contribution in [-0.4, -0.2) is 14.1 Å². The second-order valence-electron chi connectivity index (χ2n) is 21.3. The Morgan fingerprint density at radius 1 is 0.589 bits per heavy atom. The van der Waals surface area contributed by atoms with Gasteiger partial charge in [-0.15, -0.1) is 29.7 Å². The number of nitrogens with zero attached hydrogens (tertiary/aromatic N) is 4. The number of hydrogen-bond donors (Lipinski definition) is 0. The van der Waals surface area contributed by atoms with Gasteiger partial charge < -0.3 is 13.9 Å². The first-order valence-corrected chi connectivity index (χ1v) is 24.8. The van der Waals surface area contributed by atoms with Crippen LogP contribution in [-0.2, 0) is 31.9 Å². The van der Waals surface area contributed by atoms with E-state index < -0.39 is 18.1 Å². The second kappa shape index (κ2) is 19.6. The van der Waals surface area contributed by atoms with Gasteiger partial charge in [0.1, 0.15) is 5.82 Å². The van der Waals surface area contributed by atoms with Crippen LogP contribution in [0.5, 0.6) is 11.5 Å². The minimum atomic E-state index is -0.450. The largest absolute Gasteiger partial charge is 0.510 e. The van der Waals surface area contributed by atoms with Crippen molar-refractivity contribution >= 4 is 32.8 Å². The van der Waals surface area contributed by atoms with Gasteiger partial charge in [-0.2, -0.15) is 18.2 Å². The van der Waals surface area contributed by atoms with Gasteiger partial charge in [-0.3, -0.25) is 4.57 Å². The van der Waals surface area contributed by atoms with E-state index >= 15 is 0 Å². The summed E-state index contributed by atoms with van der Waals surface area (Å²) in [5, 5.41) is 2.12. The fraction of sp³-hybridized carbons (Fsp3) is 0.194. The first-order valence-electron chi connectivity index (χ1n) is 27.3. The molecule has 0 amide bonds. The third-order valence-corrected chi connectivity index (χ3v) is 14.1. The Morgan fingerprint density at radius 2 is 1.27 bits per heavy atom. The number of ether oxygens (including phenoxy) is 1. The monoisotopic (exact) mass is 1140 g/mol. The van der Waals surface area contributed by atoms with E-state index in [9.17, 15) is 2.74 Å². The van der Waals surface area contributed by atoms with Crippen molar-refractivity contribution in [2.75, 3.05) is 0 Å². The number of imidazole rings is 1. The summed E-state index contributed by atoms with van der Waals surface area (Å²) < 4.78 is 57.7. The Balaban J connectivity index is 0.00000688. The molecule has 0 fully saturated rings. The van der Waals surface area contributed by atoms with Crippen molar-refractivity contribution in [2.45, 2.75) is 79.1 Å². The molecule has 366 valence electrons. The van der Waals surface area contributed by atoms with E-state index in [0.29, 0.717) is 40.3 Å². The molecule has 0 aliphatic rings. The van der Waals surface area contributed by atoms with Crippen molar-refractivity contribution in [3.8, 4) is 62.1 Å². The molecule has 0 aliphatic heterocycles. The summed E-state index contributed by atoms with van der Waals surface area (Å²) in [7, 11) is 0. The van der Waals surface area contributed by atoms with E-state index in [4.69, 9.17) is 13.8 Å². The van der Waals surface area contributed by atoms with Crippen molar-refractivity contribution in [1.29, 1.82) is 0 Å². The summed E-state index contributed by atoms with van der Waals surface area (Å²) in [6.45, 7) is 20.0. The normalized spacial score (nSPS) is 13.4. The van der Waals surface area contributed by atoms with Crippen LogP contribution in [0.1, 0.15) is 91.8 Å². The van der Waals surface area contributed by atoms with Gasteiger partial charge in [-0.05, 0) is 108 Å². The van der Waals surface area contributed by atoms with Crippen molar-refractivity contribution in [2.24, 2.45) is 5.92 Å². The average Bonchev–Trinajstić information content (AvgIpc) is 4.08. The molecule has 1 atom stereocenters. The van der Waals surface area contributed by atoms with Gasteiger partial charge in [-0.1, -0.05) is 195 Å². The third kappa shape index (κ3) is 9.48. The van der Waals surface area contributed by atoms with Gasteiger partial charge in [0.05, 0.1) is 23.6 Å². The fourth-order valence-electron chi connectivity index (χ4n) is 9.66. The molecule has 1 unspecified atom stereocenters. The number of pyridine rings is 1. The van der Waals surface area contributed by atoms with Crippen molar-refractivity contribution < 1.29 is 37.2 Å². The SMILES string of the molecule is [2H]c1c([2H])c([2H])c(-c2cccc(-c3cc(C(C)(C)C)cc(C(C)(C)C)c3)c2-[n+]2[c-]n(-c3[c-]c(Oc4[c-]c5c(cc4)c4ccccc4n5-c4cc(C(C)C(C)C)ccn4)ccc3)c3cc(-c4ccccc4)ccc32)c([2H])c1[2H].[Pt]. The molecule has 5 nitrogen and oxygen atoms in total. The predicted molar refractivity (Wildman–Crippen MR) is 297 cm³/mol. The van der Waals surface area contributed by atoms with E-state index in [1.54, 1.807) is 0 Å². The van der Waals surface area contributed by atoms with E-state index in [1.807, 2.05) is 76.0 Å². The quantitative estimate of drug-likeness (QED) is 0.101. The summed E-state index contributed by atoms with van der Waals surface area (Å²) in [4.78, 5) is 4.89. The van der Waals surface area contributed by atoms with Gasteiger partial charge in [0.2, 0.25) is 0 Å². The fourth-order valence-corrected chi connectivity index (χ4v) is 9.66. The van der Waals surface area contributed by atoms with Gasteiger partial charge in [0.15, 0.2) is 0 Å². The summed E-state index contributed by atoms with van der Waals surface area (Å²) in [5.74, 6) is 2.59. The predicted octanol–water partition coefficient (Wildman–Crippen LogP) is 16.9. The van der Waals surface area contributed by atoms with Crippen LogP contribution in [0.2, 0.25) is 0 Å². The minimum Gasteiger partial charge on any atom is -0.510 e. The molecule has 11 aromatic rings. The maximum absolute atomic E-state index is 9.32. The summed E-state index contributed by atoms with van der Waals surface area (Å²) in [6, 6.07) is 56.8. The second-order valence-corrected chi connectivity index (χ2v) is 21.3. The van der Waals surface area contributed by atoms with E-state index in [-0.39, 0.29) is 49.5 Å². The van der Waals surface area contributed by atoms with Crippen LogP contribution in [0.25, 0.3) is 83.4 Å². The van der Waals surface area contributed by atoms with Crippen LogP contribution >= 0.6 is 0 Å². The molecule has 0 aliphatic carbocycles. The average molecular weight is 1140 g/mol. The van der Waals surface area contributed by atoms with E-state index in [0.717, 1.165) is 72.0 Å². The Labute approximate surface area is 452 Å². The third-order valence-electron chi connectivity index (χ3n) is 14.1. The molecule has 0 bridgehead atoms. The Hall–Kier alpha value is -7.33. The molecule has 6 heteroatoms. The van der Waals surface area contributed by atoms with Crippen molar-refractivity contribution in [1.82, 2.24) is 14.1 Å². The van der Waals surface area contributed by atoms with Crippen LogP contribution < -0.4 is 9.30 Å². The van der Waals surface area contributed by atoms with Crippen molar-refractivity contribution in [3.63, 3.8) is 0 Å². The van der Waals surface area contributed by atoms with E-state index in [2.05, 4.69) is 176 Å². The van der Waals surface area contributed by atoms with Gasteiger partial charge in [0.25, 0.3) is 6.33 Å². The molecule has 3 heterocycles. The maximum atomic E-state index is 9.32. The summed E-state index contributed by atoms with van der Waals surface area (Å²) >= 11 is 0. The molecular weight excluding hydrogens is 1070 g/mol. The molecule has 0 spiro atoms. The standard InChI is InChI=1S/C67H60N4O.Pt/c1-44(2)45(3)48-34-35-68-64(39-48)71-60-29-17-16-26-58(60)59-32-31-55(42-62(59)71)72-54-25-18-24-53(41-54)69-43-70(61-33-30-49(38-63(61)69)46-20-12-10-13-21-46)65-56(47-22-14-11-15-23-47)27-19-28-57(65)50-36-51(66(4,5)6)40-52(37-50)67(7,8)9;/h10-40,44-45H,1-9H3;/q-2;/i11D,14D,15D,22D,23D;. The smallest absolute Gasteiger partial charge is 0.268 e. The molecule has 0 saturated carbocycles. The zero-order valence-corrected chi connectivity index (χ0v) is 45.0. The molecule has 8 aromatic carbocycles. The first-order chi connectivity index (χ1) is 36.8. The Bertz CT molecular complexity index is 4050. The number of para-hydroxylation sites is 2. The number of aromatic nitrogens is 4. The molecule has 3 aromatic heterocycles. The van der Waals surface area contributed by atoms with Crippen LogP contribution in [0.4, 0.5) is 0 Å². The first kappa shape index (κ1) is 43.3. The number of rotatable bonds is 10. The van der Waals surface area contributed by atoms with Crippen LogP contribution in [0.3, 0.4) is 0 Å². The number of hydrogen-bond acceptors (Lipinski definition) is 2. The zero-order chi connectivity index (χ0) is 54.2. The Kier molecular flexibility index (Phi) is 11.6. The van der Waals surface area contributed by atoms with E-state index in [1.165, 1.54) is 5.56 Å². The topological polar surface area (TPSA) is 35.9 Å². The maximum Gasteiger partial charge on any atom is 0.268 e.